The van der Waals surface area contributed by atoms with Crippen LogP contribution in [-0.2, 0) is 28.5 Å². The van der Waals surface area contributed by atoms with E-state index in [1.54, 1.807) is 26.0 Å². The van der Waals surface area contributed by atoms with Crippen LogP contribution in [-0.4, -0.2) is 61.7 Å². The van der Waals surface area contributed by atoms with Crippen molar-refractivity contribution in [1.82, 2.24) is 0 Å². The maximum absolute atomic E-state index is 12.6. The van der Waals surface area contributed by atoms with Gasteiger partial charge in [0.1, 0.15) is 18.8 Å². The molecule has 1 spiro atoms. The van der Waals surface area contributed by atoms with E-state index in [1.807, 2.05) is 6.92 Å². The van der Waals surface area contributed by atoms with E-state index in [4.69, 9.17) is 18.4 Å². The van der Waals surface area contributed by atoms with Gasteiger partial charge in [-0.25, -0.2) is 0 Å². The minimum Gasteiger partial charge on any atom is -0.388 e. The van der Waals surface area contributed by atoms with E-state index in [9.17, 15) is 18.6 Å². The predicted molar refractivity (Wildman–Crippen MR) is 85.1 cm³/mol. The molecule has 2 aliphatic rings. The van der Waals surface area contributed by atoms with Crippen LogP contribution < -0.4 is 0 Å². The average molecular weight is 374 g/mol. The highest BCUT2D eigenvalue weighted by Gasteiger charge is 2.60. The van der Waals surface area contributed by atoms with Crippen molar-refractivity contribution < 1.29 is 37.0 Å². The third-order valence-electron chi connectivity index (χ3n) is 4.22. The number of hydrogen-bond donors (Lipinski definition) is 2. The second-order valence-electron chi connectivity index (χ2n) is 6.76. The molecule has 2 heterocycles. The summed E-state index contributed by atoms with van der Waals surface area (Å²) in [7, 11) is -4.22. The van der Waals surface area contributed by atoms with Gasteiger partial charge in [0.05, 0.1) is 11.5 Å². The Morgan fingerprint density at radius 1 is 1.16 bits per heavy atom. The Bertz CT molecular complexity index is 729. The molecule has 140 valence electrons. The van der Waals surface area contributed by atoms with Crippen LogP contribution in [0.1, 0.15) is 19.4 Å². The van der Waals surface area contributed by atoms with Gasteiger partial charge in [0.15, 0.2) is 11.9 Å². The van der Waals surface area contributed by atoms with Gasteiger partial charge in [-0.2, -0.15) is 8.42 Å². The van der Waals surface area contributed by atoms with Crippen LogP contribution in [0.25, 0.3) is 0 Å². The van der Waals surface area contributed by atoms with Crippen molar-refractivity contribution in [3.8, 4) is 0 Å². The monoisotopic (exact) mass is 374 g/mol. The predicted octanol–water partition coefficient (Wildman–Crippen LogP) is 0.300. The molecule has 2 N–H and O–H groups in total. The van der Waals surface area contributed by atoms with Crippen molar-refractivity contribution >= 4 is 10.1 Å². The molecule has 8 nitrogen and oxygen atoms in total. The average Bonchev–Trinajstić information content (AvgIpc) is 2.85. The first kappa shape index (κ1) is 18.7. The van der Waals surface area contributed by atoms with Gasteiger partial charge in [0, 0.05) is 0 Å². The fourth-order valence-corrected chi connectivity index (χ4v) is 3.97. The highest BCUT2D eigenvalue weighted by atomic mass is 32.2. The number of benzene rings is 1. The number of aliphatic hydroxyl groups is 2. The van der Waals surface area contributed by atoms with Gasteiger partial charge in [0.2, 0.25) is 5.79 Å². The van der Waals surface area contributed by atoms with E-state index in [2.05, 4.69) is 0 Å². The second-order valence-corrected chi connectivity index (χ2v) is 8.33. The molecule has 9 heteroatoms. The Hall–Kier alpha value is -1.07. The van der Waals surface area contributed by atoms with E-state index in [-0.39, 0.29) is 18.1 Å². The van der Waals surface area contributed by atoms with Crippen LogP contribution >= 0.6 is 0 Å². The summed E-state index contributed by atoms with van der Waals surface area (Å²) in [4.78, 5) is -0.0707. The fourth-order valence-electron chi connectivity index (χ4n) is 2.86. The highest BCUT2D eigenvalue weighted by molar-refractivity contribution is 7.86. The molecule has 0 unspecified atom stereocenters. The number of rotatable bonds is 3. The lowest BCUT2D eigenvalue weighted by Gasteiger charge is -2.43. The zero-order valence-corrected chi connectivity index (χ0v) is 15.0. The summed E-state index contributed by atoms with van der Waals surface area (Å²) in [6, 6.07) is 6.07. The van der Waals surface area contributed by atoms with Crippen molar-refractivity contribution in [1.29, 1.82) is 0 Å². The molecular weight excluding hydrogens is 352 g/mol. The van der Waals surface area contributed by atoms with Gasteiger partial charge in [0.25, 0.3) is 10.1 Å². The summed E-state index contributed by atoms with van der Waals surface area (Å²) in [6.45, 7) is 4.72. The Balaban J connectivity index is 1.92. The van der Waals surface area contributed by atoms with Gasteiger partial charge in [-0.3, -0.25) is 4.18 Å². The summed E-state index contributed by atoms with van der Waals surface area (Å²) < 4.78 is 47.1. The molecule has 1 aromatic carbocycles. The molecule has 2 fully saturated rings. The van der Waals surface area contributed by atoms with Crippen LogP contribution in [0, 0.1) is 6.92 Å². The van der Waals surface area contributed by atoms with Crippen LogP contribution in [0.2, 0.25) is 0 Å². The second kappa shape index (κ2) is 6.27. The Kier molecular flexibility index (Phi) is 4.70. The molecule has 2 saturated heterocycles. The quantitative estimate of drug-likeness (QED) is 0.727. The van der Waals surface area contributed by atoms with Gasteiger partial charge in [-0.1, -0.05) is 17.7 Å². The van der Waals surface area contributed by atoms with E-state index in [1.165, 1.54) is 12.1 Å². The molecule has 3 rings (SSSR count). The molecule has 0 saturated carbocycles. The number of hydrogen-bond acceptors (Lipinski definition) is 8. The smallest absolute Gasteiger partial charge is 0.297 e. The summed E-state index contributed by atoms with van der Waals surface area (Å²) >= 11 is 0. The lowest BCUT2D eigenvalue weighted by atomic mass is 9.97. The van der Waals surface area contributed by atoms with E-state index in [0.29, 0.717) is 0 Å². The van der Waals surface area contributed by atoms with Gasteiger partial charge in [-0.05, 0) is 32.9 Å². The molecule has 0 aliphatic carbocycles. The Morgan fingerprint density at radius 2 is 1.80 bits per heavy atom. The molecule has 0 amide bonds. The Labute approximate surface area is 146 Å². The molecular formula is C16H22O8S. The third-order valence-corrected chi connectivity index (χ3v) is 5.53. The van der Waals surface area contributed by atoms with E-state index >= 15 is 0 Å². The third kappa shape index (κ3) is 3.59. The fraction of sp³-hybridized carbons (Fsp3) is 0.625. The molecule has 25 heavy (non-hydrogen) atoms. The number of aryl methyl sites for hydroxylation is 1. The molecule has 0 aromatic heterocycles. The van der Waals surface area contributed by atoms with E-state index < -0.39 is 40.0 Å². The van der Waals surface area contributed by atoms with Crippen LogP contribution in [0.3, 0.4) is 0 Å². The molecule has 2 aliphatic heterocycles. The SMILES string of the molecule is Cc1ccc(S(=O)(=O)O[C@H]2[C@H](O)[C@@H](O)CO[C@]23COC(C)(C)O3)cc1. The summed E-state index contributed by atoms with van der Waals surface area (Å²) in [5, 5.41) is 20.2. The standard InChI is InChI=1S/C16H22O8S/c1-10-4-6-11(7-5-10)25(19,20)23-14-13(18)12(17)8-21-16(14)9-22-15(2,3)24-16/h4-7,12-14,17-18H,8-9H2,1-3H3/t12-,13+,14-,16-/m0/s1. The van der Waals surface area contributed by atoms with Crippen molar-refractivity contribution in [3.63, 3.8) is 0 Å². The normalized spacial score (nSPS) is 35.2. The van der Waals surface area contributed by atoms with Crippen LogP contribution in [0.4, 0.5) is 0 Å². The van der Waals surface area contributed by atoms with Crippen molar-refractivity contribution in [2.75, 3.05) is 13.2 Å². The molecule has 1 aromatic rings. The first-order chi connectivity index (χ1) is 11.5. The first-order valence-corrected chi connectivity index (χ1v) is 9.30. The van der Waals surface area contributed by atoms with Crippen molar-refractivity contribution in [2.24, 2.45) is 0 Å². The highest BCUT2D eigenvalue weighted by Crippen LogP contribution is 2.41. The van der Waals surface area contributed by atoms with Crippen molar-refractivity contribution in [3.05, 3.63) is 29.8 Å². The lowest BCUT2D eigenvalue weighted by molar-refractivity contribution is -0.331. The summed E-state index contributed by atoms with van der Waals surface area (Å²) in [5.41, 5.74) is 0.890. The van der Waals surface area contributed by atoms with Crippen LogP contribution in [0.15, 0.2) is 29.2 Å². The number of aliphatic hydroxyl groups excluding tert-OH is 2. The maximum atomic E-state index is 12.6. The summed E-state index contributed by atoms with van der Waals surface area (Å²) in [6.07, 6.45) is -4.31. The van der Waals surface area contributed by atoms with Gasteiger partial charge >= 0.3 is 0 Å². The van der Waals surface area contributed by atoms with Crippen LogP contribution in [0.5, 0.6) is 0 Å². The van der Waals surface area contributed by atoms with Gasteiger partial charge < -0.3 is 24.4 Å². The zero-order chi connectivity index (χ0) is 18.5. The minimum absolute atomic E-state index is 0.0707. The first-order valence-electron chi connectivity index (χ1n) is 7.89. The zero-order valence-electron chi connectivity index (χ0n) is 14.2. The summed E-state index contributed by atoms with van der Waals surface area (Å²) in [5.74, 6) is -2.67. The minimum atomic E-state index is -4.22. The van der Waals surface area contributed by atoms with Crippen molar-refractivity contribution in [2.45, 2.75) is 55.6 Å². The molecule has 0 radical (unpaired) electrons. The van der Waals surface area contributed by atoms with Gasteiger partial charge in [-0.15, -0.1) is 0 Å². The molecule has 4 atom stereocenters. The lowest BCUT2D eigenvalue weighted by Crippen LogP contribution is -2.63. The van der Waals surface area contributed by atoms with E-state index in [0.717, 1.165) is 5.56 Å². The number of ether oxygens (including phenoxy) is 3. The maximum Gasteiger partial charge on any atom is 0.297 e. The largest absolute Gasteiger partial charge is 0.388 e. The topological polar surface area (TPSA) is 112 Å². The molecule has 0 bridgehead atoms. The Morgan fingerprint density at radius 3 is 2.36 bits per heavy atom.